The molecule has 1 saturated heterocycles. The van der Waals surface area contributed by atoms with Gasteiger partial charge in [0.15, 0.2) is 5.78 Å². The lowest BCUT2D eigenvalue weighted by Crippen LogP contribution is -2.47. The molecule has 3 atom stereocenters. The van der Waals surface area contributed by atoms with Crippen LogP contribution in [0.25, 0.3) is 22.2 Å². The van der Waals surface area contributed by atoms with Crippen LogP contribution in [0.4, 0.5) is 5.82 Å². The lowest BCUT2D eigenvalue weighted by atomic mass is 10.0. The Hall–Kier alpha value is -4.06. The number of pyridine rings is 2. The van der Waals surface area contributed by atoms with Gasteiger partial charge in [0.2, 0.25) is 11.8 Å². The van der Waals surface area contributed by atoms with Crippen LogP contribution < -0.4 is 5.32 Å². The third-order valence-electron chi connectivity index (χ3n) is 8.14. The highest BCUT2D eigenvalue weighted by atomic mass is 79.9. The van der Waals surface area contributed by atoms with Gasteiger partial charge in [0, 0.05) is 36.3 Å². The Morgan fingerprint density at radius 2 is 1.78 bits per heavy atom. The van der Waals surface area contributed by atoms with Gasteiger partial charge in [0.05, 0.1) is 17.4 Å². The number of carbonyl (C=O) groups excluding carboxylic acids is 3. The predicted octanol–water partition coefficient (Wildman–Crippen LogP) is 4.19. The SMILES string of the molecule is CC(=O)c1nn(CC(=O)N2[C@H](C(=O)Nc3nc(Br)c(C)cc3C)C[C@@]3(C)C[C@@H]23)c2cnc(-c3cnc(C)nc3)cc12. The van der Waals surface area contributed by atoms with Crippen LogP contribution in [0.15, 0.2) is 35.3 Å². The van der Waals surface area contributed by atoms with Crippen molar-refractivity contribution in [3.05, 3.63) is 58.0 Å². The molecule has 4 aromatic rings. The predicted molar refractivity (Wildman–Crippen MR) is 155 cm³/mol. The van der Waals surface area contributed by atoms with Gasteiger partial charge in [0.1, 0.15) is 34.5 Å². The van der Waals surface area contributed by atoms with Gasteiger partial charge >= 0.3 is 0 Å². The number of halogens is 1. The van der Waals surface area contributed by atoms with E-state index in [2.05, 4.69) is 53.2 Å². The molecular weight excluding hydrogens is 588 g/mol. The number of anilines is 1. The van der Waals surface area contributed by atoms with Crippen LogP contribution in [0.2, 0.25) is 0 Å². The number of hydrogen-bond donors (Lipinski definition) is 1. The zero-order chi connectivity index (χ0) is 29.2. The lowest BCUT2D eigenvalue weighted by Gasteiger charge is -2.27. The number of amides is 2. The summed E-state index contributed by atoms with van der Waals surface area (Å²) in [5.74, 6) is 0.389. The molecule has 210 valence electrons. The Morgan fingerprint density at radius 3 is 2.49 bits per heavy atom. The van der Waals surface area contributed by atoms with Gasteiger partial charge in [0.25, 0.3) is 0 Å². The summed E-state index contributed by atoms with van der Waals surface area (Å²) in [5, 5.41) is 8.04. The number of nitrogens with zero attached hydrogens (tertiary/aromatic N) is 7. The Balaban J connectivity index is 1.28. The quantitative estimate of drug-likeness (QED) is 0.251. The number of fused-ring (bicyclic) bond motifs is 2. The molecule has 1 aliphatic heterocycles. The summed E-state index contributed by atoms with van der Waals surface area (Å²) in [6, 6.07) is 3.06. The van der Waals surface area contributed by atoms with E-state index >= 15 is 0 Å². The zero-order valence-corrected chi connectivity index (χ0v) is 25.0. The van der Waals surface area contributed by atoms with Crippen LogP contribution in [-0.2, 0) is 16.1 Å². The summed E-state index contributed by atoms with van der Waals surface area (Å²) in [6.07, 6.45) is 6.38. The maximum absolute atomic E-state index is 13.8. The molecule has 0 radical (unpaired) electrons. The van der Waals surface area contributed by atoms with E-state index in [0.717, 1.165) is 17.5 Å². The van der Waals surface area contributed by atoms with E-state index in [1.54, 1.807) is 36.5 Å². The first-order valence-corrected chi connectivity index (χ1v) is 14.2. The summed E-state index contributed by atoms with van der Waals surface area (Å²) in [5.41, 5.74) is 3.83. The van der Waals surface area contributed by atoms with E-state index in [1.807, 2.05) is 19.9 Å². The molecule has 5 heterocycles. The van der Waals surface area contributed by atoms with Crippen molar-refractivity contribution in [2.75, 3.05) is 5.32 Å². The fraction of sp³-hybridized carbons (Fsp3) is 0.379. The Morgan fingerprint density at radius 1 is 1.05 bits per heavy atom. The van der Waals surface area contributed by atoms with Crippen LogP contribution in [0.1, 0.15) is 54.1 Å². The van der Waals surface area contributed by atoms with E-state index in [0.29, 0.717) is 44.8 Å². The maximum Gasteiger partial charge on any atom is 0.248 e. The second kappa shape index (κ2) is 9.79. The van der Waals surface area contributed by atoms with Gasteiger partial charge in [-0.25, -0.2) is 15.0 Å². The monoisotopic (exact) mass is 616 g/mol. The minimum atomic E-state index is -0.632. The first-order valence-electron chi connectivity index (χ1n) is 13.4. The molecule has 0 unspecified atom stereocenters. The maximum atomic E-state index is 13.8. The molecule has 1 aliphatic carbocycles. The van der Waals surface area contributed by atoms with E-state index in [-0.39, 0.29) is 41.3 Å². The highest BCUT2D eigenvalue weighted by Crippen LogP contribution is 2.59. The molecule has 6 rings (SSSR count). The number of ketones is 1. The van der Waals surface area contributed by atoms with Gasteiger partial charge in [-0.1, -0.05) is 13.0 Å². The second-order valence-electron chi connectivity index (χ2n) is 11.3. The normalized spacial score (nSPS) is 21.2. The molecule has 4 aromatic heterocycles. The molecule has 0 bridgehead atoms. The molecule has 0 aromatic carbocycles. The number of likely N-dealkylation sites (tertiary alicyclic amines) is 1. The van der Waals surface area contributed by atoms with Gasteiger partial charge in [-0.15, -0.1) is 0 Å². The molecule has 1 saturated carbocycles. The van der Waals surface area contributed by atoms with E-state index in [9.17, 15) is 14.4 Å². The lowest BCUT2D eigenvalue weighted by molar-refractivity contribution is -0.138. The highest BCUT2D eigenvalue weighted by molar-refractivity contribution is 9.10. The number of aromatic nitrogens is 6. The summed E-state index contributed by atoms with van der Waals surface area (Å²) >= 11 is 3.43. The molecule has 41 heavy (non-hydrogen) atoms. The topological polar surface area (TPSA) is 136 Å². The van der Waals surface area contributed by atoms with Gasteiger partial charge in [-0.2, -0.15) is 5.10 Å². The molecule has 2 aliphatic rings. The standard InChI is InChI=1S/C29H29BrN8O3/c1-14-6-15(2)27(34-26(14)30)35-28(41)21-8-29(5)9-23(29)38(21)24(40)13-37-22-12-33-20(18-10-31-17(4)32-11-18)7-19(22)25(36-37)16(3)39/h6-7,10-12,21,23H,8-9,13H2,1-5H3,(H,34,35,41)/t21-,23+,29-/m0/s1. The minimum absolute atomic E-state index is 0.0232. The van der Waals surface area contributed by atoms with Crippen molar-refractivity contribution in [1.29, 1.82) is 0 Å². The van der Waals surface area contributed by atoms with Crippen LogP contribution in [-0.4, -0.2) is 64.3 Å². The first kappa shape index (κ1) is 27.1. The molecule has 11 nitrogen and oxygen atoms in total. The fourth-order valence-corrected chi connectivity index (χ4v) is 6.05. The molecule has 2 fully saturated rings. The van der Waals surface area contributed by atoms with E-state index in [4.69, 9.17) is 0 Å². The number of carbonyl (C=O) groups is 3. The number of Topliss-reactive ketones (excluding diaryl/α,β-unsaturated/α-hetero) is 1. The van der Waals surface area contributed by atoms with Crippen LogP contribution >= 0.6 is 15.9 Å². The fourth-order valence-electron chi connectivity index (χ4n) is 5.76. The second-order valence-corrected chi connectivity index (χ2v) is 12.1. The number of piperidine rings is 1. The summed E-state index contributed by atoms with van der Waals surface area (Å²) in [6.45, 7) is 9.05. The number of hydrogen-bond acceptors (Lipinski definition) is 8. The number of nitrogens with one attached hydrogen (secondary N) is 1. The smallest absolute Gasteiger partial charge is 0.248 e. The van der Waals surface area contributed by atoms with Gasteiger partial charge in [-0.05, 0) is 72.2 Å². The van der Waals surface area contributed by atoms with E-state index < -0.39 is 6.04 Å². The van der Waals surface area contributed by atoms with Crippen molar-refractivity contribution >= 4 is 50.2 Å². The Bertz CT molecular complexity index is 1750. The number of aryl methyl sites for hydroxylation is 3. The molecular formula is C29H29BrN8O3. The van der Waals surface area contributed by atoms with E-state index in [1.165, 1.54) is 11.6 Å². The Kier molecular flexibility index (Phi) is 6.48. The first-order chi connectivity index (χ1) is 19.4. The summed E-state index contributed by atoms with van der Waals surface area (Å²) in [7, 11) is 0. The van der Waals surface area contributed by atoms with Crippen molar-refractivity contribution in [3.63, 3.8) is 0 Å². The zero-order valence-electron chi connectivity index (χ0n) is 23.4. The van der Waals surface area contributed by atoms with Crippen molar-refractivity contribution < 1.29 is 14.4 Å². The average molecular weight is 618 g/mol. The van der Waals surface area contributed by atoms with Crippen LogP contribution in [0.5, 0.6) is 0 Å². The van der Waals surface area contributed by atoms with Crippen molar-refractivity contribution in [1.82, 2.24) is 34.6 Å². The largest absolute Gasteiger partial charge is 0.325 e. The third kappa shape index (κ3) is 4.79. The molecule has 2 amide bonds. The number of rotatable bonds is 6. The van der Waals surface area contributed by atoms with Crippen LogP contribution in [0.3, 0.4) is 0 Å². The molecule has 0 spiro atoms. The molecule has 1 N–H and O–H groups in total. The van der Waals surface area contributed by atoms with Crippen LogP contribution in [0, 0.1) is 26.2 Å². The summed E-state index contributed by atoms with van der Waals surface area (Å²) in [4.78, 5) is 59.0. The van der Waals surface area contributed by atoms with Gasteiger partial charge < -0.3 is 10.2 Å². The summed E-state index contributed by atoms with van der Waals surface area (Å²) < 4.78 is 2.16. The Labute approximate surface area is 244 Å². The molecule has 12 heteroatoms. The van der Waals surface area contributed by atoms with Crippen molar-refractivity contribution in [2.24, 2.45) is 5.41 Å². The van der Waals surface area contributed by atoms with Crippen molar-refractivity contribution in [2.45, 2.75) is 66.1 Å². The minimum Gasteiger partial charge on any atom is -0.325 e. The third-order valence-corrected chi connectivity index (χ3v) is 8.94. The highest BCUT2D eigenvalue weighted by Gasteiger charge is 2.64. The van der Waals surface area contributed by atoms with Gasteiger partial charge in [-0.3, -0.25) is 24.0 Å². The van der Waals surface area contributed by atoms with Crippen molar-refractivity contribution in [3.8, 4) is 11.3 Å². The average Bonchev–Trinajstić information content (AvgIpc) is 3.29.